The molecule has 29 N–H and O–H groups in total. The SMILES string of the molecule is CC(CCC(=O)NCC(CNC(=O)CCC(C)C1CCC2C3CCC4CC(O[C@@H]5OC(CO)[C@@H](O[C@H]6OC(CO)[C@@H](O)C(O)[C@@H]6O)C(O)[C@@H]5C)CCC4(C)C3CCC12C)(CO[C@H]1OC(CO)[C@H](O[C@@H]2OC(CO)[C@H](O)C(O)[C@H]2O)C(O)[C@H]1O)CO[C@@H]1OC(CO)[C@@H](O[C@H]2OC(CO)[C@@H](O)C(O)[C@@H]2O)C(O)[C@@H]1O)C1CCC2C3CCC4CC(O[C@H]5OC(CO)[C@H](O[C@@H]6OC(CO)[C@H](O)C(O)[C@H]6O)C(O)[C@H]5O)CCC4(C)C3CCC12C. The number of aliphatic hydroxyl groups excluding tert-OH is 27. The summed E-state index contributed by atoms with van der Waals surface area (Å²) in [6, 6.07) is 0. The Morgan fingerprint density at radius 1 is 0.302 bits per heavy atom. The lowest BCUT2D eigenvalue weighted by Gasteiger charge is -2.61. The first-order valence-electron chi connectivity index (χ1n) is 54.6. The molecule has 0 aromatic carbocycles. The molecule has 8 aliphatic heterocycles. The van der Waals surface area contributed by atoms with Gasteiger partial charge in [0.25, 0.3) is 0 Å². The van der Waals surface area contributed by atoms with Gasteiger partial charge in [-0.15, -0.1) is 0 Å². The van der Waals surface area contributed by atoms with Crippen molar-refractivity contribution >= 4 is 11.8 Å². The van der Waals surface area contributed by atoms with Gasteiger partial charge < -0.3 is 224 Å². The van der Waals surface area contributed by atoms with Crippen molar-refractivity contribution in [3.63, 3.8) is 0 Å². The number of carbonyl (C=O) groups is 2. The molecule has 0 radical (unpaired) electrons. The van der Waals surface area contributed by atoms with E-state index in [4.69, 9.17) is 75.8 Å². The first-order chi connectivity index (χ1) is 70.8. The van der Waals surface area contributed by atoms with E-state index in [1.165, 1.54) is 0 Å². The fraction of sp³-hybridized carbons (Fsp3) is 0.980. The summed E-state index contributed by atoms with van der Waals surface area (Å²) in [6.07, 6.45) is -49.5. The van der Waals surface area contributed by atoms with Crippen molar-refractivity contribution in [3.8, 4) is 0 Å². The normalized spacial score (nSPS) is 51.4. The molecule has 47 nitrogen and oxygen atoms in total. The predicted molar refractivity (Wildman–Crippen MR) is 506 cm³/mol. The molecule has 8 heterocycles. The van der Waals surface area contributed by atoms with E-state index in [2.05, 4.69) is 52.2 Å². The van der Waals surface area contributed by atoms with Crippen molar-refractivity contribution in [3.05, 3.63) is 0 Å². The van der Waals surface area contributed by atoms with E-state index in [1.807, 2.05) is 0 Å². The third kappa shape index (κ3) is 23.6. The number of carbonyl (C=O) groups excluding carboxylic acids is 2. The Hall–Kier alpha value is -2.78. The van der Waals surface area contributed by atoms with Gasteiger partial charge in [-0.2, -0.15) is 0 Å². The molecule has 16 fully saturated rings. The van der Waals surface area contributed by atoms with Gasteiger partial charge in [0.15, 0.2) is 50.3 Å². The molecule has 47 heteroatoms. The van der Waals surface area contributed by atoms with Gasteiger partial charge in [0, 0.05) is 31.8 Å². The second-order valence-electron chi connectivity index (χ2n) is 47.9. The van der Waals surface area contributed by atoms with Gasteiger partial charge in [0.05, 0.1) is 89.8 Å². The Bertz CT molecular complexity index is 3960. The number of amides is 2. The van der Waals surface area contributed by atoms with Crippen LogP contribution in [0.25, 0.3) is 0 Å². The summed E-state index contributed by atoms with van der Waals surface area (Å²) in [5.41, 5.74) is -2.06. The quantitative estimate of drug-likeness (QED) is 0.0255. The molecule has 149 heavy (non-hydrogen) atoms. The number of hydrogen-bond acceptors (Lipinski definition) is 45. The fourth-order valence-electron chi connectivity index (χ4n) is 30.6. The molecule has 16 rings (SSSR count). The number of fused-ring (bicyclic) bond motifs is 10. The fourth-order valence-corrected chi connectivity index (χ4v) is 30.6. The molecule has 0 aromatic rings. The number of ether oxygens (including phenoxy) is 16. The standard InChI is InChI=1S/C102H172N2O45/c1-42(51-14-16-53-49-12-10-45-28-47(20-24-98(45,4)55(49)22-26-100(51,53)6)136-90-44(3)67(115)86(61(34-109)142-90)146-94-79(127)72(120)68(116)57(30-105)138-94)8-18-65(113)103-38-102(40-134-91-83(131)76(124)87(62(35-110)143-91)147-95-80(128)73(121)69(117)58(31-106)139-95,41-135-92-84(132)77(125)88(63(36-111)144-92)148-96-81(129)74(122)70(118)59(32-107)140-96)39-104-66(114)19-9-43(2)52-15-17-54-50-13-11-46-29-48(21-25-99(46,5)56(50)23-27-101(52,54)7)137-93-85(133)78(126)89(64(37-112)145-93)149-97-82(130)75(123)71(119)60(33-108)141-97/h42-64,67-97,105-112,115-133H,8-41H2,1-7H3,(H,103,113)(H,104,114)/t42?,43?,44-,45?,46?,47?,48?,49?,50?,51?,52?,53?,54?,55?,56?,57?,58?,59?,60?,61?,62?,63?,64?,67?,68+,69-,70+,71-,72?,73?,74?,75?,76?,77?,78?,79-,80+,81-,82+,83+,84-,85+,86+,87-,88+,89-,90+,91-,92+,93-,94+,95-,96+,97-,98?,99?,100?,101?,102?/m0/s1. The molecule has 0 aromatic heterocycles. The van der Waals surface area contributed by atoms with E-state index in [0.29, 0.717) is 67.1 Å². The Kier molecular flexibility index (Phi) is 39.4. The van der Waals surface area contributed by atoms with Crippen LogP contribution in [0.5, 0.6) is 0 Å². The Morgan fingerprint density at radius 3 is 0.899 bits per heavy atom. The van der Waals surface area contributed by atoms with E-state index < -0.39 is 342 Å². The summed E-state index contributed by atoms with van der Waals surface area (Å²) >= 11 is 0. The number of hydrogen-bond donors (Lipinski definition) is 29. The molecule has 2 amide bonds. The van der Waals surface area contributed by atoms with Crippen LogP contribution >= 0.6 is 0 Å². The summed E-state index contributed by atoms with van der Waals surface area (Å²) < 4.78 is 96.7. The van der Waals surface area contributed by atoms with E-state index >= 15 is 9.59 Å². The van der Waals surface area contributed by atoms with Gasteiger partial charge in [-0.25, -0.2) is 0 Å². The van der Waals surface area contributed by atoms with Crippen molar-refractivity contribution in [2.24, 2.45) is 104 Å². The maximum Gasteiger partial charge on any atom is 0.220 e. The van der Waals surface area contributed by atoms with Gasteiger partial charge >= 0.3 is 0 Å². The molecule has 8 aliphatic carbocycles. The second-order valence-corrected chi connectivity index (χ2v) is 47.9. The van der Waals surface area contributed by atoms with Gasteiger partial charge in [0.1, 0.15) is 183 Å². The number of rotatable bonds is 38. The van der Waals surface area contributed by atoms with Crippen LogP contribution in [0.4, 0.5) is 0 Å². The largest absolute Gasteiger partial charge is 0.394 e. The zero-order valence-corrected chi connectivity index (χ0v) is 86.1. The van der Waals surface area contributed by atoms with Crippen molar-refractivity contribution < 1.29 is 223 Å². The molecule has 8 saturated carbocycles. The van der Waals surface area contributed by atoms with Crippen LogP contribution in [0.2, 0.25) is 0 Å². The van der Waals surface area contributed by atoms with Crippen molar-refractivity contribution in [1.82, 2.24) is 10.6 Å². The van der Waals surface area contributed by atoms with E-state index in [1.54, 1.807) is 6.92 Å². The van der Waals surface area contributed by atoms with Gasteiger partial charge in [-0.3, -0.25) is 9.59 Å². The molecule has 0 spiro atoms. The highest BCUT2D eigenvalue weighted by Crippen LogP contribution is 2.71. The topological polar surface area (TPSA) is 752 Å². The van der Waals surface area contributed by atoms with Gasteiger partial charge in [-0.1, -0.05) is 48.5 Å². The maximum absolute atomic E-state index is 15.1. The highest BCUT2D eigenvalue weighted by molar-refractivity contribution is 5.76. The molecule has 16 aliphatic rings. The first kappa shape index (κ1) is 119. The predicted octanol–water partition coefficient (Wildman–Crippen LogP) is -7.07. The van der Waals surface area contributed by atoms with Crippen molar-refractivity contribution in [1.29, 1.82) is 0 Å². The van der Waals surface area contributed by atoms with E-state index in [9.17, 15) is 138 Å². The summed E-state index contributed by atoms with van der Waals surface area (Å²) in [7, 11) is 0. The van der Waals surface area contributed by atoms with E-state index in [-0.39, 0.29) is 76.3 Å². The first-order valence-corrected chi connectivity index (χ1v) is 54.6. The molecule has 59 atom stereocenters. The lowest BCUT2D eigenvalue weighted by atomic mass is 9.44. The van der Waals surface area contributed by atoms with Crippen molar-refractivity contribution in [2.45, 2.75) is 441 Å². The molecule has 0 bridgehead atoms. The lowest BCUT2D eigenvalue weighted by Crippen LogP contribution is -2.65. The molecule has 35 unspecified atom stereocenters. The van der Waals surface area contributed by atoms with Crippen LogP contribution < -0.4 is 10.6 Å². The molecular weight excluding hydrogens is 1970 g/mol. The zero-order chi connectivity index (χ0) is 108. The van der Waals surface area contributed by atoms with Crippen molar-refractivity contribution in [2.75, 3.05) is 79.2 Å². The zero-order valence-electron chi connectivity index (χ0n) is 86.1. The van der Waals surface area contributed by atoms with Crippen LogP contribution in [0.3, 0.4) is 0 Å². The number of aliphatic hydroxyl groups is 27. The second kappa shape index (κ2) is 49.4. The van der Waals surface area contributed by atoms with Gasteiger partial charge in [-0.05, 0) is 221 Å². The Labute approximate surface area is 866 Å². The summed E-state index contributed by atoms with van der Waals surface area (Å²) in [5, 5.41) is 299. The average Bonchev–Trinajstić information content (AvgIpc) is 1.65. The molecule has 8 saturated heterocycles. The van der Waals surface area contributed by atoms with Crippen LogP contribution in [0.1, 0.15) is 190 Å². The Balaban J connectivity index is 0.588. The minimum Gasteiger partial charge on any atom is -0.394 e. The average molecular weight is 2150 g/mol. The maximum atomic E-state index is 15.1. The van der Waals surface area contributed by atoms with Crippen LogP contribution in [0, 0.1) is 104 Å². The van der Waals surface area contributed by atoms with Gasteiger partial charge in [0.2, 0.25) is 11.8 Å². The smallest absolute Gasteiger partial charge is 0.220 e. The highest BCUT2D eigenvalue weighted by atomic mass is 16.8. The summed E-state index contributed by atoms with van der Waals surface area (Å²) in [4.78, 5) is 30.2. The summed E-state index contributed by atoms with van der Waals surface area (Å²) in [6.45, 7) is 7.04. The minimum absolute atomic E-state index is 0.00287. The highest BCUT2D eigenvalue weighted by Gasteiger charge is 2.66. The summed E-state index contributed by atoms with van der Waals surface area (Å²) in [5.74, 6) is 1.81. The van der Waals surface area contributed by atoms with Crippen LogP contribution in [-0.4, -0.2) is 481 Å². The van der Waals surface area contributed by atoms with Crippen LogP contribution in [0.15, 0.2) is 0 Å². The van der Waals surface area contributed by atoms with E-state index in [0.717, 1.165) is 103 Å². The Morgan fingerprint density at radius 2 is 0.570 bits per heavy atom. The third-order valence-electron chi connectivity index (χ3n) is 39.7. The minimum atomic E-state index is -2.11. The monoisotopic (exact) mass is 2150 g/mol. The molecule has 860 valence electrons. The number of nitrogens with one attached hydrogen (secondary N) is 2. The lowest BCUT2D eigenvalue weighted by molar-refractivity contribution is -0.364. The molecular formula is C102H172N2O45. The van der Waals surface area contributed by atoms with Crippen LogP contribution in [-0.2, 0) is 85.4 Å². The third-order valence-corrected chi connectivity index (χ3v) is 39.7.